The van der Waals surface area contributed by atoms with E-state index in [0.29, 0.717) is 6.04 Å². The van der Waals surface area contributed by atoms with Crippen molar-refractivity contribution in [2.75, 3.05) is 6.54 Å². The van der Waals surface area contributed by atoms with E-state index in [4.69, 9.17) is 4.74 Å². The molecule has 0 spiro atoms. The van der Waals surface area contributed by atoms with Gasteiger partial charge in [0.05, 0.1) is 6.10 Å². The Balaban J connectivity index is 1.54. The van der Waals surface area contributed by atoms with Crippen LogP contribution in [-0.4, -0.2) is 29.9 Å². The van der Waals surface area contributed by atoms with Gasteiger partial charge in [0.2, 0.25) is 0 Å². The number of fused-ring (bicyclic) bond motifs is 1. The van der Waals surface area contributed by atoms with Crippen LogP contribution >= 0.6 is 0 Å². The molecule has 0 saturated heterocycles. The smallest absolute Gasteiger partial charge is 0.123 e. The SMILES string of the molecule is CC1(C)C(O)CC1NCC1Cc2cc(F)ccc2O1. The van der Waals surface area contributed by atoms with E-state index in [1.165, 1.54) is 6.07 Å². The van der Waals surface area contributed by atoms with E-state index >= 15 is 0 Å². The summed E-state index contributed by atoms with van der Waals surface area (Å²) in [6, 6.07) is 5.00. The number of halogens is 1. The number of aliphatic hydroxyl groups excluding tert-OH is 1. The number of hydrogen-bond donors (Lipinski definition) is 2. The minimum absolute atomic E-state index is 0.0605. The minimum Gasteiger partial charge on any atom is -0.488 e. The van der Waals surface area contributed by atoms with Crippen LogP contribution in [0, 0.1) is 11.2 Å². The average molecular weight is 265 g/mol. The fourth-order valence-corrected chi connectivity index (χ4v) is 2.93. The second-order valence-electron chi connectivity index (χ2n) is 6.23. The lowest BCUT2D eigenvalue weighted by molar-refractivity contribution is -0.0740. The molecule has 0 aromatic heterocycles. The Morgan fingerprint density at radius 1 is 1.47 bits per heavy atom. The van der Waals surface area contributed by atoms with Crippen LogP contribution in [0.1, 0.15) is 25.8 Å². The summed E-state index contributed by atoms with van der Waals surface area (Å²) in [6.07, 6.45) is 1.38. The largest absolute Gasteiger partial charge is 0.488 e. The fraction of sp³-hybridized carbons (Fsp3) is 0.600. The molecule has 4 heteroatoms. The lowest BCUT2D eigenvalue weighted by Crippen LogP contribution is -2.61. The number of hydrogen-bond acceptors (Lipinski definition) is 3. The van der Waals surface area contributed by atoms with Gasteiger partial charge in [-0.2, -0.15) is 0 Å². The molecule has 1 fully saturated rings. The molecule has 1 heterocycles. The number of benzene rings is 1. The zero-order chi connectivity index (χ0) is 13.6. The fourth-order valence-electron chi connectivity index (χ4n) is 2.93. The zero-order valence-corrected chi connectivity index (χ0v) is 11.3. The molecule has 19 heavy (non-hydrogen) atoms. The summed E-state index contributed by atoms with van der Waals surface area (Å²) in [6.45, 7) is 4.87. The molecule has 104 valence electrons. The molecule has 1 saturated carbocycles. The Kier molecular flexibility index (Phi) is 3.02. The van der Waals surface area contributed by atoms with Crippen molar-refractivity contribution in [2.24, 2.45) is 5.41 Å². The van der Waals surface area contributed by atoms with Gasteiger partial charge in [-0.1, -0.05) is 13.8 Å². The van der Waals surface area contributed by atoms with Crippen LogP contribution in [0.25, 0.3) is 0 Å². The first-order valence-corrected chi connectivity index (χ1v) is 6.83. The van der Waals surface area contributed by atoms with Gasteiger partial charge < -0.3 is 15.2 Å². The van der Waals surface area contributed by atoms with Gasteiger partial charge in [-0.05, 0) is 24.6 Å². The van der Waals surface area contributed by atoms with Gasteiger partial charge in [0.25, 0.3) is 0 Å². The molecule has 1 aromatic rings. The third kappa shape index (κ3) is 2.23. The van der Waals surface area contributed by atoms with Gasteiger partial charge in [0.15, 0.2) is 0 Å². The predicted octanol–water partition coefficient (Wildman–Crippen LogP) is 1.88. The molecule has 3 nitrogen and oxygen atoms in total. The summed E-state index contributed by atoms with van der Waals surface area (Å²) in [5.41, 5.74) is 0.872. The van der Waals surface area contributed by atoms with Crippen LogP contribution < -0.4 is 10.1 Å². The highest BCUT2D eigenvalue weighted by Crippen LogP contribution is 2.40. The first-order chi connectivity index (χ1) is 8.96. The summed E-state index contributed by atoms with van der Waals surface area (Å²) in [5, 5.41) is 13.2. The summed E-state index contributed by atoms with van der Waals surface area (Å²) in [5.74, 6) is 0.584. The van der Waals surface area contributed by atoms with Gasteiger partial charge in [0, 0.05) is 30.0 Å². The van der Waals surface area contributed by atoms with Crippen molar-refractivity contribution in [3.8, 4) is 5.75 Å². The number of rotatable bonds is 3. The molecule has 3 unspecified atom stereocenters. The highest BCUT2D eigenvalue weighted by atomic mass is 19.1. The van der Waals surface area contributed by atoms with Gasteiger partial charge in [0.1, 0.15) is 17.7 Å². The molecule has 1 aliphatic carbocycles. The van der Waals surface area contributed by atoms with Crippen molar-refractivity contribution in [2.45, 2.75) is 44.9 Å². The van der Waals surface area contributed by atoms with E-state index < -0.39 is 0 Å². The number of nitrogens with one attached hydrogen (secondary N) is 1. The Labute approximate surface area is 112 Å². The topological polar surface area (TPSA) is 41.5 Å². The van der Waals surface area contributed by atoms with Gasteiger partial charge in [-0.3, -0.25) is 0 Å². The van der Waals surface area contributed by atoms with E-state index in [2.05, 4.69) is 19.2 Å². The van der Waals surface area contributed by atoms with Crippen molar-refractivity contribution >= 4 is 0 Å². The normalized spacial score (nSPS) is 31.5. The first kappa shape index (κ1) is 12.9. The molecule has 0 radical (unpaired) electrons. The van der Waals surface area contributed by atoms with Crippen LogP contribution in [0.4, 0.5) is 4.39 Å². The van der Waals surface area contributed by atoms with Crippen molar-refractivity contribution < 1.29 is 14.2 Å². The number of ether oxygens (including phenoxy) is 1. The van der Waals surface area contributed by atoms with Crippen LogP contribution in [0.3, 0.4) is 0 Å². The van der Waals surface area contributed by atoms with Crippen molar-refractivity contribution in [3.63, 3.8) is 0 Å². The van der Waals surface area contributed by atoms with Crippen LogP contribution in [-0.2, 0) is 6.42 Å². The van der Waals surface area contributed by atoms with Crippen LogP contribution in [0.2, 0.25) is 0 Å². The van der Waals surface area contributed by atoms with Crippen molar-refractivity contribution in [1.82, 2.24) is 5.32 Å². The molecular formula is C15H20FNO2. The van der Waals surface area contributed by atoms with Gasteiger partial charge >= 0.3 is 0 Å². The standard InChI is InChI=1S/C15H20FNO2/c1-15(2)13(7-14(15)18)17-8-11-6-9-5-10(16)3-4-12(9)19-11/h3-5,11,13-14,17-18H,6-8H2,1-2H3. The monoisotopic (exact) mass is 265 g/mol. The Morgan fingerprint density at radius 2 is 2.26 bits per heavy atom. The molecule has 2 aliphatic rings. The van der Waals surface area contributed by atoms with E-state index in [9.17, 15) is 9.50 Å². The summed E-state index contributed by atoms with van der Waals surface area (Å²) in [4.78, 5) is 0. The van der Waals surface area contributed by atoms with Gasteiger partial charge in [-0.15, -0.1) is 0 Å². The maximum absolute atomic E-state index is 13.1. The second-order valence-corrected chi connectivity index (χ2v) is 6.23. The van der Waals surface area contributed by atoms with Crippen LogP contribution in [0.15, 0.2) is 18.2 Å². The van der Waals surface area contributed by atoms with Crippen molar-refractivity contribution in [1.29, 1.82) is 0 Å². The molecular weight excluding hydrogens is 245 g/mol. The van der Waals surface area contributed by atoms with E-state index in [-0.39, 0.29) is 23.4 Å². The maximum Gasteiger partial charge on any atom is 0.123 e. The second kappa shape index (κ2) is 4.46. The first-order valence-electron chi connectivity index (χ1n) is 6.83. The van der Waals surface area contributed by atoms with Gasteiger partial charge in [-0.25, -0.2) is 4.39 Å². The van der Waals surface area contributed by atoms with E-state index in [1.54, 1.807) is 12.1 Å². The quantitative estimate of drug-likeness (QED) is 0.877. The molecule has 2 N–H and O–H groups in total. The molecule has 0 amide bonds. The Bertz CT molecular complexity index is 489. The highest BCUT2D eigenvalue weighted by Gasteiger charge is 2.47. The number of aliphatic hydroxyl groups is 1. The highest BCUT2D eigenvalue weighted by molar-refractivity contribution is 5.37. The Morgan fingerprint density at radius 3 is 2.95 bits per heavy atom. The third-order valence-corrected chi connectivity index (χ3v) is 4.57. The van der Waals surface area contributed by atoms with E-state index in [0.717, 1.165) is 30.7 Å². The lowest BCUT2D eigenvalue weighted by Gasteiger charge is -2.49. The Hall–Kier alpha value is -1.13. The van der Waals surface area contributed by atoms with E-state index in [1.807, 2.05) is 0 Å². The molecule has 3 rings (SSSR count). The lowest BCUT2D eigenvalue weighted by atomic mass is 9.64. The molecule has 1 aliphatic heterocycles. The molecule has 0 bridgehead atoms. The third-order valence-electron chi connectivity index (χ3n) is 4.57. The van der Waals surface area contributed by atoms with Crippen LogP contribution in [0.5, 0.6) is 5.75 Å². The maximum atomic E-state index is 13.1. The zero-order valence-electron chi connectivity index (χ0n) is 11.3. The minimum atomic E-state index is -0.221. The summed E-state index contributed by atoms with van der Waals surface area (Å²) >= 11 is 0. The predicted molar refractivity (Wildman–Crippen MR) is 70.7 cm³/mol. The molecule has 3 atom stereocenters. The summed E-state index contributed by atoms with van der Waals surface area (Å²) in [7, 11) is 0. The molecule has 1 aromatic carbocycles. The summed E-state index contributed by atoms with van der Waals surface area (Å²) < 4.78 is 18.9. The van der Waals surface area contributed by atoms with Crippen molar-refractivity contribution in [3.05, 3.63) is 29.6 Å². The average Bonchev–Trinajstić information content (AvgIpc) is 2.76.